The Balaban J connectivity index is 1.90. The summed E-state index contributed by atoms with van der Waals surface area (Å²) in [5, 5.41) is 3.53. The molecule has 1 amide bonds. The predicted octanol–water partition coefficient (Wildman–Crippen LogP) is 2.48. The topological polar surface area (TPSA) is 81.1 Å². The molecule has 0 aliphatic heterocycles. The number of benzene rings is 2. The van der Waals surface area contributed by atoms with Gasteiger partial charge in [-0.1, -0.05) is 23.7 Å². The molecule has 0 heterocycles. The van der Waals surface area contributed by atoms with Gasteiger partial charge in [-0.15, -0.1) is 0 Å². The minimum absolute atomic E-state index is 0.168. The lowest BCUT2D eigenvalue weighted by Gasteiger charge is -2.07. The molecule has 2 rings (SSSR count). The molecular weight excluding hydrogens is 274 g/mol. The Morgan fingerprint density at radius 2 is 1.90 bits per heavy atom. The minimum Gasteiger partial charge on any atom is -0.397 e. The number of nitrogens with two attached hydrogens (primary N) is 2. The Hall–Kier alpha value is -2.20. The summed E-state index contributed by atoms with van der Waals surface area (Å²) < 4.78 is 0. The van der Waals surface area contributed by atoms with Crippen molar-refractivity contribution >= 4 is 28.9 Å². The molecule has 0 aromatic heterocycles. The van der Waals surface area contributed by atoms with E-state index in [-0.39, 0.29) is 5.91 Å². The van der Waals surface area contributed by atoms with Crippen molar-refractivity contribution in [3.05, 3.63) is 58.6 Å². The highest BCUT2D eigenvalue weighted by Gasteiger charge is 2.06. The SMILES string of the molecule is Nc1ccc(C(=O)NCCc2cccc(Cl)c2)cc1N. The van der Waals surface area contributed by atoms with Gasteiger partial charge in [0, 0.05) is 17.1 Å². The molecule has 0 fully saturated rings. The van der Waals surface area contributed by atoms with E-state index in [1.807, 2.05) is 24.3 Å². The zero-order valence-electron chi connectivity index (χ0n) is 10.9. The van der Waals surface area contributed by atoms with Crippen LogP contribution >= 0.6 is 11.6 Å². The standard InChI is InChI=1S/C15H16ClN3O/c16-12-3-1-2-10(8-12)6-7-19-15(20)11-4-5-13(17)14(18)9-11/h1-5,8-9H,6-7,17-18H2,(H,19,20). The van der Waals surface area contributed by atoms with Crippen molar-refractivity contribution < 1.29 is 4.79 Å². The number of amides is 1. The van der Waals surface area contributed by atoms with Crippen LogP contribution in [0.1, 0.15) is 15.9 Å². The first-order valence-corrected chi connectivity index (χ1v) is 6.61. The average molecular weight is 290 g/mol. The van der Waals surface area contributed by atoms with E-state index in [0.717, 1.165) is 12.0 Å². The van der Waals surface area contributed by atoms with Crippen molar-refractivity contribution in [3.63, 3.8) is 0 Å². The van der Waals surface area contributed by atoms with Gasteiger partial charge in [0.25, 0.3) is 5.91 Å². The third-order valence-electron chi connectivity index (χ3n) is 2.94. The minimum atomic E-state index is -0.168. The van der Waals surface area contributed by atoms with Gasteiger partial charge in [0.15, 0.2) is 0 Å². The molecule has 2 aromatic carbocycles. The molecule has 5 heteroatoms. The van der Waals surface area contributed by atoms with Crippen molar-refractivity contribution in [2.75, 3.05) is 18.0 Å². The number of carbonyl (C=O) groups is 1. The van der Waals surface area contributed by atoms with Gasteiger partial charge >= 0.3 is 0 Å². The Kier molecular flexibility index (Phi) is 4.48. The van der Waals surface area contributed by atoms with Gasteiger partial charge < -0.3 is 16.8 Å². The van der Waals surface area contributed by atoms with Crippen LogP contribution in [-0.4, -0.2) is 12.5 Å². The van der Waals surface area contributed by atoms with Crippen LogP contribution in [0, 0.1) is 0 Å². The molecule has 0 radical (unpaired) electrons. The summed E-state index contributed by atoms with van der Waals surface area (Å²) in [5.74, 6) is -0.168. The number of carbonyl (C=O) groups excluding carboxylic acids is 1. The summed E-state index contributed by atoms with van der Waals surface area (Å²) in [6.45, 7) is 0.531. The Labute approximate surface area is 122 Å². The molecule has 0 atom stereocenters. The molecule has 0 saturated carbocycles. The molecule has 0 saturated heterocycles. The van der Waals surface area contributed by atoms with Gasteiger partial charge in [-0.05, 0) is 42.3 Å². The predicted molar refractivity (Wildman–Crippen MR) is 82.8 cm³/mol. The smallest absolute Gasteiger partial charge is 0.251 e. The van der Waals surface area contributed by atoms with E-state index in [1.54, 1.807) is 18.2 Å². The number of rotatable bonds is 4. The highest BCUT2D eigenvalue weighted by molar-refractivity contribution is 6.30. The van der Waals surface area contributed by atoms with E-state index in [9.17, 15) is 4.79 Å². The lowest BCUT2D eigenvalue weighted by atomic mass is 10.1. The Bertz CT molecular complexity index is 628. The summed E-state index contributed by atoms with van der Waals surface area (Å²) in [6.07, 6.45) is 0.719. The molecule has 0 aliphatic carbocycles. The van der Waals surface area contributed by atoms with Crippen molar-refractivity contribution in [3.8, 4) is 0 Å². The van der Waals surface area contributed by atoms with E-state index >= 15 is 0 Å². The monoisotopic (exact) mass is 289 g/mol. The quantitative estimate of drug-likeness (QED) is 0.756. The van der Waals surface area contributed by atoms with Crippen LogP contribution in [0.2, 0.25) is 5.02 Å². The second kappa shape index (κ2) is 6.30. The Morgan fingerprint density at radius 3 is 2.60 bits per heavy atom. The fourth-order valence-electron chi connectivity index (χ4n) is 1.83. The first-order valence-electron chi connectivity index (χ1n) is 6.24. The van der Waals surface area contributed by atoms with E-state index in [1.165, 1.54) is 0 Å². The van der Waals surface area contributed by atoms with Gasteiger partial charge in [0.2, 0.25) is 0 Å². The molecule has 2 aromatic rings. The zero-order chi connectivity index (χ0) is 14.5. The van der Waals surface area contributed by atoms with Crippen molar-refractivity contribution in [2.45, 2.75) is 6.42 Å². The summed E-state index contributed by atoms with van der Waals surface area (Å²) in [6, 6.07) is 12.4. The van der Waals surface area contributed by atoms with Crippen LogP contribution in [0.15, 0.2) is 42.5 Å². The highest BCUT2D eigenvalue weighted by atomic mass is 35.5. The first-order chi connectivity index (χ1) is 9.56. The molecule has 104 valence electrons. The lowest BCUT2D eigenvalue weighted by Crippen LogP contribution is -2.25. The molecular formula is C15H16ClN3O. The fraction of sp³-hybridized carbons (Fsp3) is 0.133. The van der Waals surface area contributed by atoms with E-state index < -0.39 is 0 Å². The largest absolute Gasteiger partial charge is 0.397 e. The van der Waals surface area contributed by atoms with Gasteiger partial charge in [0.1, 0.15) is 0 Å². The van der Waals surface area contributed by atoms with E-state index in [4.69, 9.17) is 23.1 Å². The first kappa shape index (κ1) is 14.2. The third-order valence-corrected chi connectivity index (χ3v) is 3.17. The van der Waals surface area contributed by atoms with Gasteiger partial charge in [-0.3, -0.25) is 4.79 Å². The zero-order valence-corrected chi connectivity index (χ0v) is 11.7. The normalized spacial score (nSPS) is 10.2. The third kappa shape index (κ3) is 3.65. The maximum Gasteiger partial charge on any atom is 0.251 e. The fourth-order valence-corrected chi connectivity index (χ4v) is 2.04. The summed E-state index contributed by atoms with van der Waals surface area (Å²) >= 11 is 5.90. The van der Waals surface area contributed by atoms with Crippen LogP contribution in [0.5, 0.6) is 0 Å². The highest BCUT2D eigenvalue weighted by Crippen LogP contribution is 2.16. The van der Waals surface area contributed by atoms with E-state index in [0.29, 0.717) is 28.5 Å². The van der Waals surface area contributed by atoms with Crippen LogP contribution in [0.25, 0.3) is 0 Å². The molecule has 4 nitrogen and oxygen atoms in total. The molecule has 20 heavy (non-hydrogen) atoms. The van der Waals surface area contributed by atoms with Crippen molar-refractivity contribution in [2.24, 2.45) is 0 Å². The second-order valence-electron chi connectivity index (χ2n) is 4.48. The molecule has 0 unspecified atom stereocenters. The number of nitrogens with one attached hydrogen (secondary N) is 1. The number of hydrogen-bond donors (Lipinski definition) is 3. The van der Waals surface area contributed by atoms with Crippen molar-refractivity contribution in [1.29, 1.82) is 0 Å². The van der Waals surface area contributed by atoms with Crippen molar-refractivity contribution in [1.82, 2.24) is 5.32 Å². The van der Waals surface area contributed by atoms with Gasteiger partial charge in [-0.25, -0.2) is 0 Å². The maximum absolute atomic E-state index is 11.9. The summed E-state index contributed by atoms with van der Waals surface area (Å²) in [4.78, 5) is 11.9. The Morgan fingerprint density at radius 1 is 1.10 bits per heavy atom. The number of halogens is 1. The summed E-state index contributed by atoms with van der Waals surface area (Å²) in [5.41, 5.74) is 13.7. The van der Waals surface area contributed by atoms with Crippen LogP contribution < -0.4 is 16.8 Å². The number of anilines is 2. The molecule has 5 N–H and O–H groups in total. The van der Waals surface area contributed by atoms with Gasteiger partial charge in [-0.2, -0.15) is 0 Å². The number of hydrogen-bond acceptors (Lipinski definition) is 3. The average Bonchev–Trinajstić information content (AvgIpc) is 2.42. The van der Waals surface area contributed by atoms with E-state index in [2.05, 4.69) is 5.32 Å². The lowest BCUT2D eigenvalue weighted by molar-refractivity contribution is 0.0954. The van der Waals surface area contributed by atoms with Crippen LogP contribution in [-0.2, 0) is 6.42 Å². The molecule has 0 bridgehead atoms. The number of nitrogen functional groups attached to an aromatic ring is 2. The second-order valence-corrected chi connectivity index (χ2v) is 4.92. The molecule has 0 spiro atoms. The van der Waals surface area contributed by atoms with Crippen LogP contribution in [0.3, 0.4) is 0 Å². The van der Waals surface area contributed by atoms with Gasteiger partial charge in [0.05, 0.1) is 11.4 Å². The maximum atomic E-state index is 11.9. The van der Waals surface area contributed by atoms with Crippen LogP contribution in [0.4, 0.5) is 11.4 Å². The molecule has 0 aliphatic rings. The summed E-state index contributed by atoms with van der Waals surface area (Å²) in [7, 11) is 0.